The van der Waals surface area contributed by atoms with Crippen LogP contribution in [0.4, 0.5) is 5.82 Å². The smallest absolute Gasteiger partial charge is 0.266 e. The van der Waals surface area contributed by atoms with Crippen LogP contribution < -0.4 is 5.32 Å². The number of hydrogen-bond donors (Lipinski definition) is 1. The van der Waals surface area contributed by atoms with E-state index < -0.39 is 15.9 Å². The molecule has 10 heteroatoms. The Labute approximate surface area is 149 Å². The Morgan fingerprint density at radius 1 is 1.25 bits per heavy atom. The van der Waals surface area contributed by atoms with Crippen LogP contribution in [-0.2, 0) is 14.9 Å². The highest BCUT2D eigenvalue weighted by Crippen LogP contribution is 2.25. The van der Waals surface area contributed by atoms with Crippen molar-refractivity contribution >= 4 is 45.0 Å². The summed E-state index contributed by atoms with van der Waals surface area (Å²) in [5, 5.41) is 2.93. The average Bonchev–Trinajstić information content (AvgIpc) is 2.56. The van der Waals surface area contributed by atoms with Crippen molar-refractivity contribution in [3.05, 3.63) is 52.1 Å². The van der Waals surface area contributed by atoms with Crippen LogP contribution in [-0.4, -0.2) is 37.9 Å². The molecule has 1 aromatic carbocycles. The number of pyridine rings is 1. The van der Waals surface area contributed by atoms with Gasteiger partial charge in [0.25, 0.3) is 15.9 Å². The largest absolute Gasteiger partial charge is 0.307 e. The van der Waals surface area contributed by atoms with Crippen LogP contribution in [0.5, 0.6) is 0 Å². The van der Waals surface area contributed by atoms with Crippen LogP contribution in [0.15, 0.2) is 41.4 Å². The SMILES string of the molecule is CON(C)S(=O)(=O)c1cc(C(=O)Nc2ccc(Cl)cn2)ccc1Cl. The first kappa shape index (κ1) is 18.6. The average molecular weight is 390 g/mol. The highest BCUT2D eigenvalue weighted by molar-refractivity contribution is 7.89. The molecule has 24 heavy (non-hydrogen) atoms. The number of nitrogens with zero attached hydrogens (tertiary/aromatic N) is 2. The van der Waals surface area contributed by atoms with Gasteiger partial charge >= 0.3 is 0 Å². The van der Waals surface area contributed by atoms with Gasteiger partial charge in [0, 0.05) is 18.8 Å². The molecule has 0 saturated carbocycles. The summed E-state index contributed by atoms with van der Waals surface area (Å²) >= 11 is 11.7. The maximum absolute atomic E-state index is 12.3. The normalized spacial score (nSPS) is 11.5. The summed E-state index contributed by atoms with van der Waals surface area (Å²) in [4.78, 5) is 20.6. The molecule has 0 aliphatic heterocycles. The third-order valence-electron chi connectivity index (χ3n) is 3.04. The summed E-state index contributed by atoms with van der Waals surface area (Å²) < 4.78 is 25.3. The van der Waals surface area contributed by atoms with E-state index in [0.29, 0.717) is 9.49 Å². The van der Waals surface area contributed by atoms with Gasteiger partial charge in [-0.3, -0.25) is 9.63 Å². The van der Waals surface area contributed by atoms with E-state index in [9.17, 15) is 13.2 Å². The van der Waals surface area contributed by atoms with Gasteiger partial charge in [0.15, 0.2) is 0 Å². The summed E-state index contributed by atoms with van der Waals surface area (Å²) in [7, 11) is -1.57. The number of hydrogen-bond acceptors (Lipinski definition) is 5. The zero-order chi connectivity index (χ0) is 17.9. The molecule has 0 aliphatic rings. The van der Waals surface area contributed by atoms with Crippen molar-refractivity contribution in [2.75, 3.05) is 19.5 Å². The van der Waals surface area contributed by atoms with Crippen molar-refractivity contribution in [3.8, 4) is 0 Å². The number of carbonyl (C=O) groups excluding carboxylic acids is 1. The minimum Gasteiger partial charge on any atom is -0.307 e. The van der Waals surface area contributed by atoms with Crippen molar-refractivity contribution in [1.29, 1.82) is 0 Å². The highest BCUT2D eigenvalue weighted by atomic mass is 35.5. The summed E-state index contributed by atoms with van der Waals surface area (Å²) in [6, 6.07) is 6.97. The van der Waals surface area contributed by atoms with Gasteiger partial charge in [0.1, 0.15) is 10.7 Å². The van der Waals surface area contributed by atoms with Crippen molar-refractivity contribution in [3.63, 3.8) is 0 Å². The number of aromatic nitrogens is 1. The maximum Gasteiger partial charge on any atom is 0.266 e. The molecule has 0 saturated heterocycles. The van der Waals surface area contributed by atoms with E-state index in [2.05, 4.69) is 10.3 Å². The first-order valence-corrected chi connectivity index (χ1v) is 8.71. The molecule has 0 fully saturated rings. The number of halogens is 2. The lowest BCUT2D eigenvalue weighted by Crippen LogP contribution is -2.26. The van der Waals surface area contributed by atoms with Crippen molar-refractivity contribution in [1.82, 2.24) is 9.45 Å². The molecule has 2 aromatic rings. The van der Waals surface area contributed by atoms with Crippen LogP contribution in [0.1, 0.15) is 10.4 Å². The van der Waals surface area contributed by atoms with Crippen LogP contribution in [0, 0.1) is 0 Å². The van der Waals surface area contributed by atoms with Crippen LogP contribution in [0.2, 0.25) is 10.0 Å². The Kier molecular flexibility index (Phi) is 5.79. The Bertz CT molecular complexity index is 857. The number of amides is 1. The number of hydroxylamine groups is 1. The van der Waals surface area contributed by atoms with E-state index in [1.54, 1.807) is 6.07 Å². The summed E-state index contributed by atoms with van der Waals surface area (Å²) in [6.07, 6.45) is 1.38. The first-order valence-electron chi connectivity index (χ1n) is 6.51. The van der Waals surface area contributed by atoms with Gasteiger partial charge in [-0.05, 0) is 30.3 Å². The Morgan fingerprint density at radius 2 is 1.96 bits per heavy atom. The van der Waals surface area contributed by atoms with Crippen molar-refractivity contribution < 1.29 is 18.0 Å². The van der Waals surface area contributed by atoms with Crippen LogP contribution in [0.3, 0.4) is 0 Å². The molecule has 0 radical (unpaired) electrons. The summed E-state index contributed by atoms with van der Waals surface area (Å²) in [6.45, 7) is 0. The van der Waals surface area contributed by atoms with Gasteiger partial charge in [0.05, 0.1) is 17.2 Å². The van der Waals surface area contributed by atoms with Crippen molar-refractivity contribution in [2.24, 2.45) is 0 Å². The predicted octanol–water partition coefficient (Wildman–Crippen LogP) is 2.82. The third kappa shape index (κ3) is 4.03. The van der Waals surface area contributed by atoms with E-state index >= 15 is 0 Å². The summed E-state index contributed by atoms with van der Waals surface area (Å²) in [5.41, 5.74) is 0.0965. The molecule has 0 atom stereocenters. The monoisotopic (exact) mass is 389 g/mol. The lowest BCUT2D eigenvalue weighted by atomic mass is 10.2. The fourth-order valence-electron chi connectivity index (χ4n) is 1.72. The molecule has 7 nitrogen and oxygen atoms in total. The van der Waals surface area contributed by atoms with Gasteiger partial charge in [-0.25, -0.2) is 13.4 Å². The second-order valence-electron chi connectivity index (χ2n) is 4.56. The molecule has 0 unspecified atom stereocenters. The number of carbonyl (C=O) groups is 1. The Balaban J connectivity index is 2.33. The van der Waals surface area contributed by atoms with E-state index in [1.165, 1.54) is 44.6 Å². The zero-order valence-corrected chi connectivity index (χ0v) is 15.0. The lowest BCUT2D eigenvalue weighted by Gasteiger charge is -2.15. The van der Waals surface area contributed by atoms with Gasteiger partial charge in [-0.2, -0.15) is 0 Å². The van der Waals surface area contributed by atoms with Gasteiger partial charge in [-0.1, -0.05) is 27.7 Å². The fourth-order valence-corrected chi connectivity index (χ4v) is 3.30. The van der Waals surface area contributed by atoms with Gasteiger partial charge < -0.3 is 5.32 Å². The molecule has 1 N–H and O–H groups in total. The van der Waals surface area contributed by atoms with Gasteiger partial charge in [0.2, 0.25) is 0 Å². The Hall–Kier alpha value is -1.71. The lowest BCUT2D eigenvalue weighted by molar-refractivity contribution is -0.0258. The molecule has 1 aromatic heterocycles. The topological polar surface area (TPSA) is 88.6 Å². The van der Waals surface area contributed by atoms with E-state index in [1.807, 2.05) is 0 Å². The summed E-state index contributed by atoms with van der Waals surface area (Å²) in [5.74, 6) is -0.268. The number of nitrogens with one attached hydrogen (secondary N) is 1. The molecular weight excluding hydrogens is 377 g/mol. The molecular formula is C14H13Cl2N3O4S. The first-order chi connectivity index (χ1) is 11.3. The zero-order valence-electron chi connectivity index (χ0n) is 12.7. The number of rotatable bonds is 5. The van der Waals surface area contributed by atoms with E-state index in [0.717, 1.165) is 0 Å². The van der Waals surface area contributed by atoms with Crippen molar-refractivity contribution in [2.45, 2.75) is 4.90 Å². The number of anilines is 1. The quantitative estimate of drug-likeness (QED) is 0.794. The molecule has 0 bridgehead atoms. The minimum absolute atomic E-state index is 0.0277. The number of benzene rings is 1. The number of sulfonamides is 1. The highest BCUT2D eigenvalue weighted by Gasteiger charge is 2.25. The maximum atomic E-state index is 12.3. The van der Waals surface area contributed by atoms with E-state index in [-0.39, 0.29) is 21.3 Å². The fraction of sp³-hybridized carbons (Fsp3) is 0.143. The molecule has 0 spiro atoms. The molecule has 0 aliphatic carbocycles. The molecule has 2 rings (SSSR count). The second-order valence-corrected chi connectivity index (χ2v) is 7.31. The molecule has 1 amide bonds. The van der Waals surface area contributed by atoms with Crippen LogP contribution in [0.25, 0.3) is 0 Å². The predicted molar refractivity (Wildman–Crippen MR) is 90.6 cm³/mol. The minimum atomic E-state index is -3.99. The third-order valence-corrected chi connectivity index (χ3v) is 5.42. The molecule has 128 valence electrons. The van der Waals surface area contributed by atoms with Gasteiger partial charge in [-0.15, -0.1) is 0 Å². The Morgan fingerprint density at radius 3 is 2.54 bits per heavy atom. The standard InChI is InChI=1S/C14H13Cl2N3O4S/c1-19(23-2)24(21,22)12-7-9(3-5-11(12)16)14(20)18-13-6-4-10(15)8-17-13/h3-8H,1-2H3,(H,17,18,20). The van der Waals surface area contributed by atoms with Crippen LogP contribution >= 0.6 is 23.2 Å². The molecule has 1 heterocycles. The second kappa shape index (κ2) is 7.45. The van der Waals surface area contributed by atoms with E-state index in [4.69, 9.17) is 28.0 Å².